The Hall–Kier alpha value is -0.640. The summed E-state index contributed by atoms with van der Waals surface area (Å²) in [6, 6.07) is 0. The zero-order valence-corrected chi connectivity index (χ0v) is 11.1. The molecule has 0 aromatic rings. The number of hydrogen-bond donors (Lipinski definition) is 0. The van der Waals surface area contributed by atoms with Crippen LogP contribution in [0, 0.1) is 5.41 Å². The van der Waals surface area contributed by atoms with Crippen LogP contribution in [0.5, 0.6) is 0 Å². The van der Waals surface area contributed by atoms with E-state index in [0.29, 0.717) is 25.9 Å². The average Bonchev–Trinajstić information content (AvgIpc) is 2.62. The van der Waals surface area contributed by atoms with Gasteiger partial charge in [0.2, 0.25) is 0 Å². The highest BCUT2D eigenvalue weighted by Crippen LogP contribution is 2.39. The normalized spacial score (nSPS) is 25.2. The summed E-state index contributed by atoms with van der Waals surface area (Å²) in [6.07, 6.45) is 6.18. The van der Waals surface area contributed by atoms with Gasteiger partial charge < -0.3 is 4.74 Å². The lowest BCUT2D eigenvalue weighted by Gasteiger charge is -2.23. The molecular weight excluding hydrogens is 272 g/mol. The summed E-state index contributed by atoms with van der Waals surface area (Å²) in [5, 5.41) is 0.736. The van der Waals surface area contributed by atoms with E-state index in [1.165, 1.54) is 0 Å². The van der Waals surface area contributed by atoms with Crippen LogP contribution in [0.1, 0.15) is 32.6 Å². The van der Waals surface area contributed by atoms with E-state index in [1.807, 2.05) is 12.2 Å². The summed E-state index contributed by atoms with van der Waals surface area (Å²) in [7, 11) is 0. The van der Waals surface area contributed by atoms with Gasteiger partial charge in [-0.3, -0.25) is 9.59 Å². The van der Waals surface area contributed by atoms with Crippen LogP contribution in [-0.4, -0.2) is 23.7 Å². The summed E-state index contributed by atoms with van der Waals surface area (Å²) >= 11 is 3.27. The van der Waals surface area contributed by atoms with Gasteiger partial charge in [0.05, 0.1) is 6.61 Å². The first-order valence-electron chi connectivity index (χ1n) is 5.59. The van der Waals surface area contributed by atoms with Crippen LogP contribution in [0.2, 0.25) is 0 Å². The van der Waals surface area contributed by atoms with Gasteiger partial charge in [-0.25, -0.2) is 0 Å². The number of carbonyl (C=O) groups is 2. The van der Waals surface area contributed by atoms with E-state index in [1.54, 1.807) is 6.92 Å². The molecule has 1 rings (SSSR count). The van der Waals surface area contributed by atoms with E-state index in [4.69, 9.17) is 4.74 Å². The molecule has 0 aromatic carbocycles. The molecule has 1 saturated carbocycles. The van der Waals surface area contributed by atoms with Crippen LogP contribution in [0.15, 0.2) is 12.2 Å². The van der Waals surface area contributed by atoms with Crippen LogP contribution in [0.25, 0.3) is 0 Å². The Balaban J connectivity index is 2.80. The van der Waals surface area contributed by atoms with Crippen molar-refractivity contribution in [2.45, 2.75) is 32.6 Å². The maximum atomic E-state index is 11.9. The van der Waals surface area contributed by atoms with E-state index in [9.17, 15) is 9.59 Å². The quantitative estimate of drug-likeness (QED) is 0.338. The summed E-state index contributed by atoms with van der Waals surface area (Å²) in [4.78, 5) is 23.7. The van der Waals surface area contributed by atoms with Gasteiger partial charge in [-0.15, -0.1) is 0 Å². The van der Waals surface area contributed by atoms with Gasteiger partial charge >= 0.3 is 5.97 Å². The summed E-state index contributed by atoms with van der Waals surface area (Å²) in [6.45, 7) is 2.09. The topological polar surface area (TPSA) is 43.4 Å². The molecule has 0 radical (unpaired) electrons. The van der Waals surface area contributed by atoms with Gasteiger partial charge in [0, 0.05) is 11.8 Å². The van der Waals surface area contributed by atoms with Gasteiger partial charge in [-0.1, -0.05) is 28.1 Å². The third-order valence-corrected chi connectivity index (χ3v) is 3.30. The molecule has 1 fully saturated rings. The minimum absolute atomic E-state index is 0.0326. The number of rotatable bonds is 5. The number of Topliss-reactive ketones (excluding diaryl/α,β-unsaturated/α-hetero) is 1. The first-order chi connectivity index (χ1) is 7.67. The highest BCUT2D eigenvalue weighted by atomic mass is 79.9. The number of halogens is 1. The Morgan fingerprint density at radius 3 is 2.81 bits per heavy atom. The molecule has 0 aromatic heterocycles. The maximum absolute atomic E-state index is 11.9. The van der Waals surface area contributed by atoms with Crippen molar-refractivity contribution in [1.82, 2.24) is 0 Å². The Kier molecular flexibility index (Phi) is 5.19. The molecule has 0 heterocycles. The van der Waals surface area contributed by atoms with Gasteiger partial charge in [0.1, 0.15) is 5.41 Å². The number of esters is 1. The molecule has 4 heteroatoms. The second kappa shape index (κ2) is 6.18. The van der Waals surface area contributed by atoms with Crippen LogP contribution >= 0.6 is 15.9 Å². The van der Waals surface area contributed by atoms with Crippen LogP contribution in [0.4, 0.5) is 0 Å². The van der Waals surface area contributed by atoms with Crippen molar-refractivity contribution in [3.8, 4) is 0 Å². The lowest BCUT2D eigenvalue weighted by Crippen LogP contribution is -2.36. The lowest BCUT2D eigenvalue weighted by molar-refractivity contribution is -0.158. The van der Waals surface area contributed by atoms with Crippen molar-refractivity contribution in [1.29, 1.82) is 0 Å². The number of hydrogen-bond acceptors (Lipinski definition) is 3. The van der Waals surface area contributed by atoms with Gasteiger partial charge in [0.25, 0.3) is 0 Å². The van der Waals surface area contributed by atoms with Crippen LogP contribution in [0.3, 0.4) is 0 Å². The molecule has 1 unspecified atom stereocenters. The monoisotopic (exact) mass is 288 g/mol. The fraction of sp³-hybridized carbons (Fsp3) is 0.667. The molecule has 1 atom stereocenters. The SMILES string of the molecule is CCOC(=O)C1(C/C=C/CBr)CCCC1=O. The predicted octanol–water partition coefficient (Wildman–Crippen LogP) is 2.63. The van der Waals surface area contributed by atoms with Crippen molar-refractivity contribution in [2.75, 3.05) is 11.9 Å². The van der Waals surface area contributed by atoms with E-state index in [2.05, 4.69) is 15.9 Å². The number of carbonyl (C=O) groups excluding carboxylic acids is 2. The smallest absolute Gasteiger partial charge is 0.319 e. The highest BCUT2D eigenvalue weighted by molar-refractivity contribution is 9.09. The molecule has 0 spiro atoms. The summed E-state index contributed by atoms with van der Waals surface area (Å²) < 4.78 is 5.02. The third-order valence-electron chi connectivity index (χ3n) is 2.93. The van der Waals surface area contributed by atoms with E-state index in [0.717, 1.165) is 11.8 Å². The minimum atomic E-state index is -0.894. The molecular formula is C12H17BrO3. The van der Waals surface area contributed by atoms with Gasteiger partial charge in [0.15, 0.2) is 5.78 Å². The molecule has 16 heavy (non-hydrogen) atoms. The first-order valence-corrected chi connectivity index (χ1v) is 6.71. The second-order valence-corrected chi connectivity index (χ2v) is 4.56. The van der Waals surface area contributed by atoms with Crippen molar-refractivity contribution >= 4 is 27.7 Å². The predicted molar refractivity (Wildman–Crippen MR) is 65.5 cm³/mol. The van der Waals surface area contributed by atoms with E-state index >= 15 is 0 Å². The summed E-state index contributed by atoms with van der Waals surface area (Å²) in [5.41, 5.74) is -0.894. The Bertz CT molecular complexity index is 299. The van der Waals surface area contributed by atoms with E-state index < -0.39 is 5.41 Å². The molecule has 0 aliphatic heterocycles. The van der Waals surface area contributed by atoms with Crippen LogP contribution in [-0.2, 0) is 14.3 Å². The Morgan fingerprint density at radius 2 is 2.31 bits per heavy atom. The number of ether oxygens (including phenoxy) is 1. The number of ketones is 1. The zero-order chi connectivity index (χ0) is 12.0. The molecule has 0 N–H and O–H groups in total. The zero-order valence-electron chi connectivity index (χ0n) is 9.50. The number of alkyl halides is 1. The fourth-order valence-electron chi connectivity index (χ4n) is 2.06. The van der Waals surface area contributed by atoms with Crippen molar-refractivity contribution in [2.24, 2.45) is 5.41 Å². The Labute approximate surface area is 104 Å². The fourth-order valence-corrected chi connectivity index (χ4v) is 2.33. The van der Waals surface area contributed by atoms with Gasteiger partial charge in [-0.2, -0.15) is 0 Å². The largest absolute Gasteiger partial charge is 0.465 e. The average molecular weight is 289 g/mol. The highest BCUT2D eigenvalue weighted by Gasteiger charge is 2.48. The maximum Gasteiger partial charge on any atom is 0.319 e. The molecule has 3 nitrogen and oxygen atoms in total. The van der Waals surface area contributed by atoms with Gasteiger partial charge in [-0.05, 0) is 26.2 Å². The molecule has 0 saturated heterocycles. The van der Waals surface area contributed by atoms with Crippen LogP contribution < -0.4 is 0 Å². The molecule has 0 bridgehead atoms. The van der Waals surface area contributed by atoms with Crippen molar-refractivity contribution < 1.29 is 14.3 Å². The molecule has 1 aliphatic rings. The molecule has 1 aliphatic carbocycles. The first kappa shape index (κ1) is 13.4. The second-order valence-electron chi connectivity index (χ2n) is 3.91. The Morgan fingerprint density at radius 1 is 1.56 bits per heavy atom. The number of allylic oxidation sites excluding steroid dienone is 2. The van der Waals surface area contributed by atoms with Crippen molar-refractivity contribution in [3.05, 3.63) is 12.2 Å². The molecule has 90 valence electrons. The van der Waals surface area contributed by atoms with Crippen molar-refractivity contribution in [3.63, 3.8) is 0 Å². The lowest BCUT2D eigenvalue weighted by atomic mass is 9.81. The minimum Gasteiger partial charge on any atom is -0.465 e. The standard InChI is InChI=1S/C12H17BrO3/c1-2-16-11(15)12(7-3-4-9-13)8-5-6-10(12)14/h3-4H,2,5-9H2,1H3/b4-3+. The molecule has 0 amide bonds. The van der Waals surface area contributed by atoms with E-state index in [-0.39, 0.29) is 11.8 Å². The third kappa shape index (κ3) is 2.73. The summed E-state index contributed by atoms with van der Waals surface area (Å²) in [5.74, 6) is -0.318.